The summed E-state index contributed by atoms with van der Waals surface area (Å²) in [4.78, 5) is 52.1. The van der Waals surface area contributed by atoms with Gasteiger partial charge in [-0.3, -0.25) is 9.59 Å². The molecule has 0 bridgehead atoms. The summed E-state index contributed by atoms with van der Waals surface area (Å²) in [5, 5.41) is 0. The first kappa shape index (κ1) is 28.0. The van der Waals surface area contributed by atoms with Crippen LogP contribution in [0.1, 0.15) is 48.5 Å². The van der Waals surface area contributed by atoms with Gasteiger partial charge in [0.25, 0.3) is 0 Å². The topological polar surface area (TPSA) is 96.5 Å². The summed E-state index contributed by atoms with van der Waals surface area (Å²) in [7, 11) is 3.78. The van der Waals surface area contributed by atoms with E-state index < -0.39 is 11.2 Å². The number of carbonyl (C=O) groups excluding carboxylic acids is 4. The fourth-order valence-corrected chi connectivity index (χ4v) is 5.36. The van der Waals surface area contributed by atoms with E-state index in [0.717, 1.165) is 0 Å². The van der Waals surface area contributed by atoms with Crippen LogP contribution in [-0.4, -0.2) is 89.9 Å². The third-order valence-electron chi connectivity index (χ3n) is 7.03. The largest absolute Gasteiger partial charge is 0.444 e. The summed E-state index contributed by atoms with van der Waals surface area (Å²) < 4.78 is 10.6. The lowest BCUT2D eigenvalue weighted by Gasteiger charge is -2.25. The van der Waals surface area contributed by atoms with E-state index in [9.17, 15) is 19.2 Å². The number of ketones is 2. The number of fused-ring (bicyclic) bond motifs is 2. The summed E-state index contributed by atoms with van der Waals surface area (Å²) in [5.41, 5.74) is -0.905. The number of nitrogens with zero attached hydrogens (tertiary/aromatic N) is 3. The molecule has 6 atom stereocenters. The molecule has 202 valence electrons. The summed E-state index contributed by atoms with van der Waals surface area (Å²) in [6.45, 7) is 15.5. The van der Waals surface area contributed by atoms with Crippen LogP contribution in [0.25, 0.3) is 0 Å². The Balaban J connectivity index is 0.000000205. The molecule has 0 spiro atoms. The van der Waals surface area contributed by atoms with Crippen LogP contribution in [0.4, 0.5) is 9.59 Å². The Bertz CT molecular complexity index is 891. The smallest absolute Gasteiger partial charge is 0.410 e. The zero-order valence-electron chi connectivity index (χ0n) is 23.2. The van der Waals surface area contributed by atoms with Gasteiger partial charge >= 0.3 is 12.2 Å². The fourth-order valence-electron chi connectivity index (χ4n) is 5.36. The van der Waals surface area contributed by atoms with Crippen molar-refractivity contribution in [2.75, 3.05) is 40.3 Å². The SMILES string of the molecule is CC(=O)C1[C@H]2CN(C(=O)OC(C)(C)C)C[C@@H]12.CN(C)/C=C/C(=O)C1[C@H]2CN(C(=O)OC(C)(C)C)C[C@@H]12. The lowest BCUT2D eigenvalue weighted by atomic mass is 10.1. The predicted molar refractivity (Wildman–Crippen MR) is 135 cm³/mol. The zero-order valence-corrected chi connectivity index (χ0v) is 23.2. The number of allylic oxidation sites excluding steroid dienone is 1. The quantitative estimate of drug-likeness (QED) is 0.540. The number of piperidine rings is 2. The van der Waals surface area contributed by atoms with E-state index in [2.05, 4.69) is 0 Å². The molecule has 2 saturated carbocycles. The summed E-state index contributed by atoms with van der Waals surface area (Å²) >= 11 is 0. The van der Waals surface area contributed by atoms with Crippen LogP contribution in [0.15, 0.2) is 12.3 Å². The maximum absolute atomic E-state index is 12.0. The van der Waals surface area contributed by atoms with Gasteiger partial charge in [0, 0.05) is 58.3 Å². The van der Waals surface area contributed by atoms with E-state index in [1.54, 1.807) is 29.0 Å². The number of Topliss-reactive ketones (excluding diaryl/α,β-unsaturated/α-hetero) is 1. The van der Waals surface area contributed by atoms with Crippen LogP contribution in [0.2, 0.25) is 0 Å². The molecule has 4 fully saturated rings. The minimum atomic E-state index is -0.465. The molecule has 0 aromatic carbocycles. The Morgan fingerprint density at radius 2 is 1.08 bits per heavy atom. The number of hydrogen-bond acceptors (Lipinski definition) is 7. The van der Waals surface area contributed by atoms with Crippen LogP contribution in [0.5, 0.6) is 0 Å². The van der Waals surface area contributed by atoms with E-state index in [1.165, 1.54) is 0 Å². The molecule has 2 saturated heterocycles. The van der Waals surface area contributed by atoms with Crippen molar-refractivity contribution in [1.82, 2.24) is 14.7 Å². The van der Waals surface area contributed by atoms with Crippen molar-refractivity contribution >= 4 is 23.8 Å². The standard InChI is InChI=1S/C15H24N2O3.C12H19NO3/c1-15(2,3)20-14(19)17-8-10-11(9-17)13(10)12(18)6-7-16(4)5;1-7(14)10-8-5-13(6-9(8)10)11(15)16-12(2,3)4/h6-7,10-11,13H,8-9H2,1-5H3;8-10H,5-6H2,1-4H3/b7-6+;/t10-,11+,13?;8-,9+,10?. The molecule has 2 aliphatic carbocycles. The van der Waals surface area contributed by atoms with Crippen molar-refractivity contribution in [3.8, 4) is 0 Å². The molecule has 4 aliphatic rings. The van der Waals surface area contributed by atoms with Crippen molar-refractivity contribution in [2.24, 2.45) is 35.5 Å². The van der Waals surface area contributed by atoms with Gasteiger partial charge in [-0.05, 0) is 78.2 Å². The van der Waals surface area contributed by atoms with Crippen LogP contribution in [-0.2, 0) is 19.1 Å². The van der Waals surface area contributed by atoms with Crippen molar-refractivity contribution < 1.29 is 28.7 Å². The third kappa shape index (κ3) is 7.01. The van der Waals surface area contributed by atoms with E-state index in [-0.39, 0.29) is 35.6 Å². The van der Waals surface area contributed by atoms with Crippen LogP contribution in [0.3, 0.4) is 0 Å². The Hall–Kier alpha value is -2.58. The first-order valence-corrected chi connectivity index (χ1v) is 12.8. The van der Waals surface area contributed by atoms with Crippen LogP contribution < -0.4 is 0 Å². The second kappa shape index (κ2) is 10.1. The highest BCUT2D eigenvalue weighted by molar-refractivity contribution is 5.94. The van der Waals surface area contributed by atoms with Gasteiger partial charge in [-0.1, -0.05) is 0 Å². The molecule has 0 radical (unpaired) electrons. The van der Waals surface area contributed by atoms with Gasteiger partial charge in [0.05, 0.1) is 0 Å². The first-order chi connectivity index (χ1) is 16.5. The summed E-state index contributed by atoms with van der Waals surface area (Å²) in [5.74, 6) is 2.18. The Morgan fingerprint density at radius 1 is 0.722 bits per heavy atom. The van der Waals surface area contributed by atoms with Gasteiger partial charge in [-0.2, -0.15) is 0 Å². The normalized spacial score (nSPS) is 30.1. The number of amides is 2. The monoisotopic (exact) mass is 505 g/mol. The lowest BCUT2D eigenvalue weighted by Crippen LogP contribution is -2.37. The maximum atomic E-state index is 12.0. The predicted octanol–water partition coefficient (Wildman–Crippen LogP) is 3.43. The molecule has 36 heavy (non-hydrogen) atoms. The van der Waals surface area contributed by atoms with E-state index in [1.807, 2.05) is 60.5 Å². The second-order valence-corrected chi connectivity index (χ2v) is 12.8. The van der Waals surface area contributed by atoms with Crippen LogP contribution >= 0.6 is 0 Å². The molecule has 2 aliphatic heterocycles. The molecule has 2 amide bonds. The molecular formula is C27H43N3O6. The summed E-state index contributed by atoms with van der Waals surface area (Å²) in [6.07, 6.45) is 2.91. The van der Waals surface area contributed by atoms with E-state index in [0.29, 0.717) is 49.9 Å². The van der Waals surface area contributed by atoms with Gasteiger partial charge in [0.15, 0.2) is 5.78 Å². The van der Waals surface area contributed by atoms with E-state index >= 15 is 0 Å². The molecule has 0 N–H and O–H groups in total. The van der Waals surface area contributed by atoms with Crippen molar-refractivity contribution in [1.29, 1.82) is 0 Å². The van der Waals surface area contributed by atoms with Gasteiger partial charge in [0.1, 0.15) is 17.0 Å². The Labute approximate surface area is 215 Å². The minimum Gasteiger partial charge on any atom is -0.444 e. The number of rotatable bonds is 4. The minimum absolute atomic E-state index is 0.102. The first-order valence-electron chi connectivity index (χ1n) is 12.8. The second-order valence-electron chi connectivity index (χ2n) is 12.8. The average Bonchev–Trinajstić information content (AvgIpc) is 3.44. The number of hydrogen-bond donors (Lipinski definition) is 0. The van der Waals surface area contributed by atoms with Crippen molar-refractivity contribution in [3.05, 3.63) is 12.3 Å². The molecule has 2 heterocycles. The maximum Gasteiger partial charge on any atom is 0.410 e. The van der Waals surface area contributed by atoms with Crippen molar-refractivity contribution in [2.45, 2.75) is 59.7 Å². The van der Waals surface area contributed by atoms with Crippen molar-refractivity contribution in [3.63, 3.8) is 0 Å². The number of ether oxygens (including phenoxy) is 2. The highest BCUT2D eigenvalue weighted by Gasteiger charge is 2.60. The molecule has 2 unspecified atom stereocenters. The average molecular weight is 506 g/mol. The number of likely N-dealkylation sites (tertiary alicyclic amines) is 2. The summed E-state index contributed by atoms with van der Waals surface area (Å²) in [6, 6.07) is 0. The van der Waals surface area contributed by atoms with Crippen LogP contribution in [0, 0.1) is 35.5 Å². The molecule has 0 aromatic rings. The Morgan fingerprint density at radius 3 is 1.39 bits per heavy atom. The molecule has 9 nitrogen and oxygen atoms in total. The fraction of sp³-hybridized carbons (Fsp3) is 0.778. The van der Waals surface area contributed by atoms with Gasteiger partial charge < -0.3 is 24.2 Å². The van der Waals surface area contributed by atoms with Gasteiger partial charge in [-0.25, -0.2) is 9.59 Å². The van der Waals surface area contributed by atoms with Gasteiger partial charge in [0.2, 0.25) is 0 Å². The third-order valence-corrected chi connectivity index (χ3v) is 7.03. The molecule has 4 rings (SSSR count). The van der Waals surface area contributed by atoms with Gasteiger partial charge in [-0.15, -0.1) is 0 Å². The molecular weight excluding hydrogens is 462 g/mol. The number of carbonyl (C=O) groups is 4. The Kier molecular flexibility index (Phi) is 7.82. The van der Waals surface area contributed by atoms with E-state index in [4.69, 9.17) is 9.47 Å². The highest BCUT2D eigenvalue weighted by Crippen LogP contribution is 2.53. The molecule has 0 aromatic heterocycles. The lowest BCUT2D eigenvalue weighted by molar-refractivity contribution is -0.119. The molecule has 9 heteroatoms. The zero-order chi connectivity index (χ0) is 27.2. The highest BCUT2D eigenvalue weighted by atomic mass is 16.6.